The van der Waals surface area contributed by atoms with Gasteiger partial charge in [0.1, 0.15) is 30.5 Å². The smallest absolute Gasteiger partial charge is 0.237 e. The first-order chi connectivity index (χ1) is 15.6. The number of rotatable bonds is 7. The lowest BCUT2D eigenvalue weighted by Crippen LogP contribution is -2.67. The minimum atomic E-state index is -1.44. The van der Waals surface area contributed by atoms with Gasteiger partial charge in [-0.05, 0) is 18.4 Å². The molecule has 0 radical (unpaired) electrons. The zero-order valence-electron chi connectivity index (χ0n) is 18.2. The van der Waals surface area contributed by atoms with E-state index in [1.165, 1.54) is 0 Å². The summed E-state index contributed by atoms with van der Waals surface area (Å²) in [6.45, 7) is -0.168. The van der Waals surface area contributed by atoms with Gasteiger partial charge in [-0.1, -0.05) is 30.3 Å². The van der Waals surface area contributed by atoms with Crippen molar-refractivity contribution in [2.75, 3.05) is 6.54 Å². The molecule has 33 heavy (non-hydrogen) atoms. The van der Waals surface area contributed by atoms with E-state index in [4.69, 9.17) is 32.4 Å². The maximum absolute atomic E-state index is 12.4. The van der Waals surface area contributed by atoms with E-state index < -0.39 is 73.0 Å². The van der Waals surface area contributed by atoms with E-state index in [2.05, 4.69) is 5.32 Å². The van der Waals surface area contributed by atoms with E-state index >= 15 is 0 Å². The van der Waals surface area contributed by atoms with Gasteiger partial charge in [0.25, 0.3) is 0 Å². The first-order valence-corrected chi connectivity index (χ1v) is 11.0. The molecule has 12 heteroatoms. The van der Waals surface area contributed by atoms with Gasteiger partial charge in [-0.3, -0.25) is 4.79 Å². The van der Waals surface area contributed by atoms with Crippen LogP contribution in [-0.2, 0) is 20.7 Å². The molecule has 1 aromatic carbocycles. The normalized spacial score (nSPS) is 40.2. The molecule has 1 aliphatic carbocycles. The van der Waals surface area contributed by atoms with Gasteiger partial charge in [-0.25, -0.2) is 0 Å². The summed E-state index contributed by atoms with van der Waals surface area (Å²) < 4.78 is 11.4. The van der Waals surface area contributed by atoms with Gasteiger partial charge in [0.15, 0.2) is 6.29 Å². The Morgan fingerprint density at radius 1 is 1.03 bits per heavy atom. The van der Waals surface area contributed by atoms with Crippen molar-refractivity contribution in [1.82, 2.24) is 5.32 Å². The number of hydrogen-bond donors (Lipinski definition) is 9. The highest BCUT2D eigenvalue weighted by Gasteiger charge is 2.48. The monoisotopic (exact) mass is 469 g/mol. The molecule has 1 heterocycles. The summed E-state index contributed by atoms with van der Waals surface area (Å²) in [5, 5.41) is 43.7. The summed E-state index contributed by atoms with van der Waals surface area (Å²) in [6, 6.07) is 5.84. The molecule has 1 saturated carbocycles. The fourth-order valence-corrected chi connectivity index (χ4v) is 4.16. The molecule has 2 aliphatic rings. The molecule has 0 bridgehead atoms. The van der Waals surface area contributed by atoms with Crippen molar-refractivity contribution in [3.8, 4) is 0 Å². The Hall–Kier alpha value is -1.71. The van der Waals surface area contributed by atoms with Crippen molar-refractivity contribution in [3.05, 3.63) is 35.9 Å². The Labute approximate surface area is 191 Å². The molecule has 13 N–H and O–H groups in total. The fraction of sp³-hybridized carbons (Fsp3) is 0.667. The number of ether oxygens (including phenoxy) is 2. The van der Waals surface area contributed by atoms with Crippen molar-refractivity contribution in [2.45, 2.75) is 79.9 Å². The molecule has 1 saturated heterocycles. The molecule has 11 atom stereocenters. The van der Waals surface area contributed by atoms with E-state index in [1.54, 1.807) is 0 Å². The third-order valence-electron chi connectivity index (χ3n) is 6.24. The largest absolute Gasteiger partial charge is 0.389 e. The molecule has 1 aliphatic heterocycles. The number of nitrogens with one attached hydrogen (secondary N) is 1. The molecule has 3 rings (SSSR count). The molecular weight excluding hydrogens is 434 g/mol. The van der Waals surface area contributed by atoms with E-state index in [-0.39, 0.29) is 13.0 Å². The highest BCUT2D eigenvalue weighted by molar-refractivity contribution is 5.81. The number of benzene rings is 1. The fourth-order valence-electron chi connectivity index (χ4n) is 4.16. The van der Waals surface area contributed by atoms with Crippen LogP contribution in [0, 0.1) is 0 Å². The van der Waals surface area contributed by atoms with Gasteiger partial charge in [-0.2, -0.15) is 0 Å². The van der Waals surface area contributed by atoms with Crippen molar-refractivity contribution >= 4 is 5.91 Å². The number of aliphatic hydroxyl groups excluding tert-OH is 4. The summed E-state index contributed by atoms with van der Waals surface area (Å²) in [6.07, 6.45) is -8.38. The van der Waals surface area contributed by atoms with Crippen molar-refractivity contribution in [2.24, 2.45) is 22.9 Å². The molecule has 186 valence electrons. The van der Waals surface area contributed by atoms with Crippen LogP contribution in [0.3, 0.4) is 0 Å². The van der Waals surface area contributed by atoms with E-state index in [0.717, 1.165) is 5.56 Å². The Bertz CT molecular complexity index is 775. The van der Waals surface area contributed by atoms with E-state index in [1.807, 2.05) is 30.3 Å². The van der Waals surface area contributed by atoms with Crippen LogP contribution in [0.15, 0.2) is 30.3 Å². The topological polar surface area (TPSA) is 233 Å². The quantitative estimate of drug-likeness (QED) is 0.185. The minimum absolute atomic E-state index is 0.168. The predicted molar refractivity (Wildman–Crippen MR) is 117 cm³/mol. The number of nitrogens with two attached hydrogens (primary N) is 4. The lowest BCUT2D eigenvalue weighted by molar-refractivity contribution is -0.288. The zero-order chi connectivity index (χ0) is 24.3. The summed E-state index contributed by atoms with van der Waals surface area (Å²) in [5.41, 5.74) is 24.6. The number of aliphatic hydroxyl groups is 4. The second-order valence-corrected chi connectivity index (χ2v) is 8.79. The van der Waals surface area contributed by atoms with Crippen molar-refractivity contribution < 1.29 is 34.7 Å². The van der Waals surface area contributed by atoms with E-state index in [0.29, 0.717) is 6.42 Å². The molecule has 12 nitrogen and oxygen atoms in total. The predicted octanol–water partition coefficient (Wildman–Crippen LogP) is -4.39. The van der Waals surface area contributed by atoms with Crippen molar-refractivity contribution in [3.63, 3.8) is 0 Å². The third kappa shape index (κ3) is 6.05. The van der Waals surface area contributed by atoms with Crippen LogP contribution >= 0.6 is 0 Å². The Morgan fingerprint density at radius 2 is 1.70 bits per heavy atom. The SMILES string of the molecule is NC(Cc1ccccc1)C(=O)NCC1O[C@@H](O[C@@H]2C(N)C[C@@H](N)[C@@H](O)C2O)[C@@H](N)C(O)[C@@H]1O. The molecular formula is C21H35N5O7. The van der Waals surface area contributed by atoms with Gasteiger partial charge < -0.3 is 58.2 Å². The molecule has 1 amide bonds. The van der Waals surface area contributed by atoms with Crippen LogP contribution < -0.4 is 28.3 Å². The maximum atomic E-state index is 12.4. The van der Waals surface area contributed by atoms with Gasteiger partial charge in [0.05, 0.1) is 18.2 Å². The number of carbonyl (C=O) groups is 1. The number of carbonyl (C=O) groups excluding carboxylic acids is 1. The first-order valence-electron chi connectivity index (χ1n) is 11.0. The maximum Gasteiger partial charge on any atom is 0.237 e. The molecule has 1 aromatic rings. The van der Waals surface area contributed by atoms with Crippen LogP contribution in [0.4, 0.5) is 0 Å². The summed E-state index contributed by atoms with van der Waals surface area (Å²) in [7, 11) is 0. The standard InChI is InChI=1S/C21H35N5O7/c22-10-7-11(23)19(18(30)15(10)27)33-21-14(25)17(29)16(28)13(32-21)8-26-20(31)12(24)6-9-4-2-1-3-5-9/h1-5,10-19,21,27-30H,6-8,22-25H2,(H,26,31)/t10-,11?,12?,13?,14+,15-,16-,17?,18?,19-,21+/m1/s1. The molecule has 0 aromatic heterocycles. The first kappa shape index (κ1) is 25.9. The number of hydrogen-bond acceptors (Lipinski definition) is 11. The molecule has 2 fully saturated rings. The van der Waals surface area contributed by atoms with Crippen LogP contribution in [-0.4, -0.2) is 100.0 Å². The Balaban J connectivity index is 1.59. The van der Waals surface area contributed by atoms with Gasteiger partial charge in [-0.15, -0.1) is 0 Å². The van der Waals surface area contributed by atoms with Gasteiger partial charge in [0.2, 0.25) is 5.91 Å². The summed E-state index contributed by atoms with van der Waals surface area (Å²) >= 11 is 0. The van der Waals surface area contributed by atoms with Crippen LogP contribution in [0.25, 0.3) is 0 Å². The van der Waals surface area contributed by atoms with Crippen LogP contribution in [0.1, 0.15) is 12.0 Å². The third-order valence-corrected chi connectivity index (χ3v) is 6.24. The lowest BCUT2D eigenvalue weighted by atomic mass is 9.84. The summed E-state index contributed by atoms with van der Waals surface area (Å²) in [5.74, 6) is -0.460. The Kier molecular flexibility index (Phi) is 8.75. The molecule has 5 unspecified atom stereocenters. The molecule has 0 spiro atoms. The highest BCUT2D eigenvalue weighted by Crippen LogP contribution is 2.27. The summed E-state index contributed by atoms with van der Waals surface area (Å²) in [4.78, 5) is 12.4. The Morgan fingerprint density at radius 3 is 2.36 bits per heavy atom. The van der Waals surface area contributed by atoms with Crippen LogP contribution in [0.5, 0.6) is 0 Å². The number of amides is 1. The second kappa shape index (κ2) is 11.1. The van der Waals surface area contributed by atoms with E-state index in [9.17, 15) is 25.2 Å². The van der Waals surface area contributed by atoms with Gasteiger partial charge in [0, 0.05) is 18.6 Å². The zero-order valence-corrected chi connectivity index (χ0v) is 18.2. The minimum Gasteiger partial charge on any atom is -0.389 e. The average Bonchev–Trinajstić information content (AvgIpc) is 2.79. The van der Waals surface area contributed by atoms with Gasteiger partial charge >= 0.3 is 0 Å². The van der Waals surface area contributed by atoms with Crippen LogP contribution in [0.2, 0.25) is 0 Å². The highest BCUT2D eigenvalue weighted by atomic mass is 16.7. The average molecular weight is 470 g/mol. The lowest BCUT2D eigenvalue weighted by Gasteiger charge is -2.45. The second-order valence-electron chi connectivity index (χ2n) is 8.79. The van der Waals surface area contributed by atoms with Crippen molar-refractivity contribution in [1.29, 1.82) is 0 Å².